The van der Waals surface area contributed by atoms with Gasteiger partial charge in [-0.3, -0.25) is 0 Å². The van der Waals surface area contributed by atoms with Gasteiger partial charge >= 0.3 is 76.6 Å². The van der Waals surface area contributed by atoms with Crippen LogP contribution in [0.2, 0.25) is 4.82 Å². The van der Waals surface area contributed by atoms with Crippen LogP contribution >= 0.6 is 0 Å². The fourth-order valence-corrected chi connectivity index (χ4v) is 4.81. The molecule has 4 bridgehead atoms. The molecular formula is C10H15Se. The Hall–Kier alpha value is 0.519. The molecule has 4 aliphatic rings. The van der Waals surface area contributed by atoms with E-state index in [1.807, 2.05) is 0 Å². The molecular weight excluding hydrogens is 199 g/mol. The molecule has 0 aromatic rings. The van der Waals surface area contributed by atoms with E-state index in [9.17, 15) is 0 Å². The van der Waals surface area contributed by atoms with Gasteiger partial charge in [-0.1, -0.05) is 0 Å². The molecule has 4 saturated carbocycles. The van der Waals surface area contributed by atoms with Crippen LogP contribution in [0.15, 0.2) is 0 Å². The number of hydrogen-bond donors (Lipinski definition) is 0. The molecule has 0 atom stereocenters. The molecule has 0 unspecified atom stereocenters. The zero-order chi connectivity index (χ0) is 7.42. The third-order valence-corrected chi connectivity index (χ3v) is 5.76. The van der Waals surface area contributed by atoms with E-state index in [4.69, 9.17) is 0 Å². The molecule has 0 aromatic heterocycles. The van der Waals surface area contributed by atoms with Crippen LogP contribution in [0.25, 0.3) is 0 Å². The van der Waals surface area contributed by atoms with Crippen molar-refractivity contribution >= 4 is 16.0 Å². The minimum absolute atomic E-state index is 0.961. The Bertz CT molecular complexity index is 148. The van der Waals surface area contributed by atoms with Crippen LogP contribution in [0.3, 0.4) is 0 Å². The first-order valence-corrected chi connectivity index (χ1v) is 5.97. The van der Waals surface area contributed by atoms with Crippen LogP contribution in [0, 0.1) is 23.7 Å². The quantitative estimate of drug-likeness (QED) is 0.543. The molecule has 4 rings (SSSR count). The minimum atomic E-state index is 0.961. The van der Waals surface area contributed by atoms with Crippen molar-refractivity contribution in [2.75, 3.05) is 0 Å². The van der Waals surface area contributed by atoms with Gasteiger partial charge in [0.25, 0.3) is 0 Å². The van der Waals surface area contributed by atoms with Gasteiger partial charge in [0, 0.05) is 0 Å². The van der Waals surface area contributed by atoms with Crippen molar-refractivity contribution in [3.63, 3.8) is 0 Å². The van der Waals surface area contributed by atoms with E-state index in [0.717, 1.165) is 28.5 Å². The molecule has 11 heavy (non-hydrogen) atoms. The summed E-state index contributed by atoms with van der Waals surface area (Å²) in [6.07, 6.45) is 7.82. The van der Waals surface area contributed by atoms with E-state index >= 15 is 0 Å². The Kier molecular flexibility index (Phi) is 1.44. The number of hydrogen-bond acceptors (Lipinski definition) is 0. The second kappa shape index (κ2) is 2.26. The first-order chi connectivity index (χ1) is 5.33. The van der Waals surface area contributed by atoms with E-state index in [1.54, 1.807) is 32.1 Å². The Morgan fingerprint density at radius 2 is 1.18 bits per heavy atom. The Labute approximate surface area is 76.9 Å². The molecule has 0 nitrogen and oxygen atoms in total. The predicted molar refractivity (Wildman–Crippen MR) is 46.5 cm³/mol. The monoisotopic (exact) mass is 215 g/mol. The standard InChI is InChI=1S/C10H15Se/c11-10-8-2-6-1-7(4-8)5-9(10)3-6/h6-10H,1-5H2. The van der Waals surface area contributed by atoms with Gasteiger partial charge in [0.15, 0.2) is 0 Å². The molecule has 0 saturated heterocycles. The van der Waals surface area contributed by atoms with Crippen LogP contribution in [0.1, 0.15) is 32.1 Å². The second-order valence-electron chi connectivity index (χ2n) is 4.90. The molecule has 0 heterocycles. The molecule has 0 aromatic carbocycles. The van der Waals surface area contributed by atoms with Gasteiger partial charge in [0.2, 0.25) is 0 Å². The molecule has 1 heteroatoms. The van der Waals surface area contributed by atoms with Gasteiger partial charge in [-0.25, -0.2) is 0 Å². The van der Waals surface area contributed by atoms with Crippen molar-refractivity contribution in [3.8, 4) is 0 Å². The average Bonchev–Trinajstić information content (AvgIpc) is 1.98. The number of rotatable bonds is 0. The third-order valence-electron chi connectivity index (χ3n) is 4.14. The van der Waals surface area contributed by atoms with Crippen LogP contribution in [-0.4, -0.2) is 16.0 Å². The summed E-state index contributed by atoms with van der Waals surface area (Å²) in [4.78, 5) is 0.961. The first-order valence-electron chi connectivity index (χ1n) is 4.98. The second-order valence-corrected chi connectivity index (χ2v) is 6.04. The van der Waals surface area contributed by atoms with Gasteiger partial charge in [-0.05, 0) is 0 Å². The van der Waals surface area contributed by atoms with Gasteiger partial charge in [-0.2, -0.15) is 0 Å². The molecule has 0 N–H and O–H groups in total. The van der Waals surface area contributed by atoms with Crippen molar-refractivity contribution < 1.29 is 0 Å². The third kappa shape index (κ3) is 0.939. The van der Waals surface area contributed by atoms with Crippen molar-refractivity contribution in [2.45, 2.75) is 36.9 Å². The van der Waals surface area contributed by atoms with Crippen molar-refractivity contribution in [1.29, 1.82) is 0 Å². The average molecular weight is 214 g/mol. The molecule has 1 radical (unpaired) electrons. The van der Waals surface area contributed by atoms with Crippen LogP contribution in [0.4, 0.5) is 0 Å². The fraction of sp³-hybridized carbons (Fsp3) is 1.00. The molecule has 4 aliphatic carbocycles. The summed E-state index contributed by atoms with van der Waals surface area (Å²) in [5.41, 5.74) is 0. The summed E-state index contributed by atoms with van der Waals surface area (Å²) in [6, 6.07) is 0. The van der Waals surface area contributed by atoms with Crippen molar-refractivity contribution in [2.24, 2.45) is 23.7 Å². The summed E-state index contributed by atoms with van der Waals surface area (Å²) in [5.74, 6) is 4.46. The molecule has 0 spiro atoms. The molecule has 0 amide bonds. The maximum atomic E-state index is 3.42. The van der Waals surface area contributed by atoms with E-state index in [0.29, 0.717) is 0 Å². The zero-order valence-electron chi connectivity index (χ0n) is 6.83. The SMILES string of the molecule is [Se]C1C2CC3CC(C2)CC1C3. The Balaban J connectivity index is 1.91. The summed E-state index contributed by atoms with van der Waals surface area (Å²) >= 11 is 3.42. The van der Waals surface area contributed by atoms with Crippen LogP contribution in [0.5, 0.6) is 0 Å². The first kappa shape index (κ1) is 6.97. The maximum absolute atomic E-state index is 3.42. The normalized spacial score (nSPS) is 60.3. The zero-order valence-corrected chi connectivity index (χ0v) is 8.54. The molecule has 61 valence electrons. The molecule has 0 aliphatic heterocycles. The van der Waals surface area contributed by atoms with E-state index < -0.39 is 0 Å². The van der Waals surface area contributed by atoms with E-state index in [-0.39, 0.29) is 0 Å². The summed E-state index contributed by atoms with van der Waals surface area (Å²) in [7, 11) is 0. The topological polar surface area (TPSA) is 0 Å². The van der Waals surface area contributed by atoms with Gasteiger partial charge < -0.3 is 0 Å². The van der Waals surface area contributed by atoms with Gasteiger partial charge in [0.05, 0.1) is 0 Å². The van der Waals surface area contributed by atoms with Crippen molar-refractivity contribution in [1.82, 2.24) is 0 Å². The Morgan fingerprint density at radius 3 is 1.64 bits per heavy atom. The van der Waals surface area contributed by atoms with Gasteiger partial charge in [-0.15, -0.1) is 0 Å². The fourth-order valence-electron chi connectivity index (χ4n) is 3.88. The predicted octanol–water partition coefficient (Wildman–Crippen LogP) is 2.40. The Morgan fingerprint density at radius 1 is 0.727 bits per heavy atom. The summed E-state index contributed by atoms with van der Waals surface area (Å²) in [6.45, 7) is 0. The van der Waals surface area contributed by atoms with Gasteiger partial charge in [0.1, 0.15) is 0 Å². The van der Waals surface area contributed by atoms with Crippen LogP contribution in [-0.2, 0) is 0 Å². The van der Waals surface area contributed by atoms with Crippen molar-refractivity contribution in [3.05, 3.63) is 0 Å². The summed E-state index contributed by atoms with van der Waals surface area (Å²) in [5, 5.41) is 0. The van der Waals surface area contributed by atoms with E-state index in [2.05, 4.69) is 16.0 Å². The van der Waals surface area contributed by atoms with Crippen LogP contribution < -0.4 is 0 Å². The molecule has 4 fully saturated rings. The summed E-state index contributed by atoms with van der Waals surface area (Å²) < 4.78 is 0. The van der Waals surface area contributed by atoms with E-state index in [1.165, 1.54) is 0 Å².